The molecule has 4 heteroatoms. The van der Waals surface area contributed by atoms with Crippen LogP contribution in [0.25, 0.3) is 0 Å². The summed E-state index contributed by atoms with van der Waals surface area (Å²) >= 11 is 0. The molecule has 0 spiro atoms. The summed E-state index contributed by atoms with van der Waals surface area (Å²) in [4.78, 5) is 3.50. The maximum absolute atomic E-state index is 6.29. The molecule has 2 aliphatic heterocycles. The summed E-state index contributed by atoms with van der Waals surface area (Å²) in [6, 6.07) is 0.807. The molecule has 0 amide bonds. The molecule has 0 aromatic rings. The van der Waals surface area contributed by atoms with Gasteiger partial charge in [-0.3, -0.25) is 0 Å². The van der Waals surface area contributed by atoms with E-state index >= 15 is 0 Å². The standard InChI is InChI=1S/C8H17BN2Si/c1-12(9)10-6-5-8-4-2-3-7-11(8)12/h8,10H,2-7H2,1H3. The Balaban J connectivity index is 2.09. The first-order valence-electron chi connectivity index (χ1n) is 5.01. The van der Waals surface area contributed by atoms with Crippen LogP contribution < -0.4 is 4.98 Å². The molecule has 0 aromatic heterocycles. The van der Waals surface area contributed by atoms with Crippen LogP contribution in [-0.2, 0) is 0 Å². The summed E-state index contributed by atoms with van der Waals surface area (Å²) < 4.78 is 2.57. The first kappa shape index (κ1) is 8.78. The van der Waals surface area contributed by atoms with Crippen molar-refractivity contribution < 1.29 is 0 Å². The van der Waals surface area contributed by atoms with Gasteiger partial charge in [0.25, 0.3) is 0 Å². The number of hydrogen-bond acceptors (Lipinski definition) is 2. The van der Waals surface area contributed by atoms with E-state index in [1.54, 1.807) is 0 Å². The molecule has 12 heavy (non-hydrogen) atoms. The van der Waals surface area contributed by atoms with Crippen molar-refractivity contribution in [1.29, 1.82) is 0 Å². The molecule has 2 unspecified atom stereocenters. The van der Waals surface area contributed by atoms with E-state index in [9.17, 15) is 0 Å². The van der Waals surface area contributed by atoms with E-state index in [0.29, 0.717) is 0 Å². The van der Waals surface area contributed by atoms with E-state index in [-0.39, 0.29) is 0 Å². The van der Waals surface area contributed by atoms with Crippen molar-refractivity contribution in [3.63, 3.8) is 0 Å². The van der Waals surface area contributed by atoms with Crippen molar-refractivity contribution in [2.24, 2.45) is 0 Å². The monoisotopic (exact) mass is 180 g/mol. The number of rotatable bonds is 0. The smallest absolute Gasteiger partial charge is 0.146 e. The van der Waals surface area contributed by atoms with Crippen molar-refractivity contribution in [2.45, 2.75) is 38.3 Å². The summed E-state index contributed by atoms with van der Waals surface area (Å²) in [5, 5.41) is 0. The highest BCUT2D eigenvalue weighted by molar-refractivity contribution is 7.13. The fraction of sp³-hybridized carbons (Fsp3) is 1.00. The van der Waals surface area contributed by atoms with Gasteiger partial charge >= 0.3 is 0 Å². The van der Waals surface area contributed by atoms with Gasteiger partial charge in [0, 0.05) is 6.04 Å². The molecule has 2 saturated heterocycles. The first-order valence-corrected chi connectivity index (χ1v) is 7.53. The summed E-state index contributed by atoms with van der Waals surface area (Å²) in [5.41, 5.74) is 0. The maximum Gasteiger partial charge on any atom is 0.146 e. The second kappa shape index (κ2) is 3.16. The minimum absolute atomic E-state index is 0.807. The van der Waals surface area contributed by atoms with Crippen LogP contribution >= 0.6 is 0 Å². The van der Waals surface area contributed by atoms with E-state index in [4.69, 9.17) is 7.44 Å². The third-order valence-electron chi connectivity index (χ3n) is 3.18. The van der Waals surface area contributed by atoms with Crippen molar-refractivity contribution in [1.82, 2.24) is 9.55 Å². The number of nitrogens with zero attached hydrogens (tertiary/aromatic N) is 1. The molecule has 0 aliphatic carbocycles. The number of fused-ring (bicyclic) bond motifs is 1. The molecule has 2 nitrogen and oxygen atoms in total. The van der Waals surface area contributed by atoms with Crippen LogP contribution in [0.2, 0.25) is 6.55 Å². The normalized spacial score (nSPS) is 43.9. The quantitative estimate of drug-likeness (QED) is 0.548. The summed E-state index contributed by atoms with van der Waals surface area (Å²) in [5.74, 6) is 0. The van der Waals surface area contributed by atoms with Crippen LogP contribution in [0.4, 0.5) is 0 Å². The predicted molar refractivity (Wildman–Crippen MR) is 54.3 cm³/mol. The van der Waals surface area contributed by atoms with Gasteiger partial charge in [-0.15, -0.1) is 0 Å². The molecule has 2 heterocycles. The Morgan fingerprint density at radius 1 is 1.42 bits per heavy atom. The molecule has 1 N–H and O–H groups in total. The van der Waals surface area contributed by atoms with Gasteiger partial charge in [-0.05, 0) is 38.9 Å². The maximum atomic E-state index is 6.29. The molecule has 2 atom stereocenters. The fourth-order valence-electron chi connectivity index (χ4n) is 2.51. The Bertz CT molecular complexity index is 172. The highest BCUT2D eigenvalue weighted by atomic mass is 28.3. The summed E-state index contributed by atoms with van der Waals surface area (Å²) in [6.07, 6.45) is 5.44. The second-order valence-corrected chi connectivity index (χ2v) is 7.43. The first-order chi connectivity index (χ1) is 5.70. The van der Waals surface area contributed by atoms with Gasteiger partial charge in [0.1, 0.15) is 8.27 Å². The van der Waals surface area contributed by atoms with Crippen LogP contribution in [-0.4, -0.2) is 39.4 Å². The topological polar surface area (TPSA) is 15.3 Å². The molecule has 2 aliphatic rings. The Labute approximate surface area is 77.2 Å². The lowest BCUT2D eigenvalue weighted by Gasteiger charge is -2.50. The third-order valence-corrected chi connectivity index (χ3v) is 5.93. The molecule has 0 aromatic carbocycles. The van der Waals surface area contributed by atoms with Crippen LogP contribution in [0.3, 0.4) is 0 Å². The van der Waals surface area contributed by atoms with Gasteiger partial charge in [-0.25, -0.2) is 0 Å². The second-order valence-electron chi connectivity index (χ2n) is 4.21. The molecule has 66 valence electrons. The van der Waals surface area contributed by atoms with Crippen molar-refractivity contribution in [3.05, 3.63) is 0 Å². The SMILES string of the molecule is [B][Si]1(C)NCCC2CCCCN21. The molecular formula is C8H17BN2Si. The van der Waals surface area contributed by atoms with Gasteiger partial charge in [-0.1, -0.05) is 6.42 Å². The highest BCUT2D eigenvalue weighted by Crippen LogP contribution is 2.25. The van der Waals surface area contributed by atoms with E-state index in [2.05, 4.69) is 16.1 Å². The molecule has 2 fully saturated rings. The lowest BCUT2D eigenvalue weighted by Crippen LogP contribution is -2.70. The third kappa shape index (κ3) is 1.47. The largest absolute Gasteiger partial charge is 0.332 e. The van der Waals surface area contributed by atoms with Crippen LogP contribution in [0.15, 0.2) is 0 Å². The lowest BCUT2D eigenvalue weighted by molar-refractivity contribution is 0.216. The number of piperidine rings is 1. The van der Waals surface area contributed by atoms with E-state index in [1.165, 1.54) is 32.2 Å². The highest BCUT2D eigenvalue weighted by Gasteiger charge is 2.38. The summed E-state index contributed by atoms with van der Waals surface area (Å²) in [7, 11) is 4.62. The Kier molecular flexibility index (Phi) is 2.31. The van der Waals surface area contributed by atoms with E-state index in [0.717, 1.165) is 12.6 Å². The average Bonchev–Trinajstić information content (AvgIpc) is 2.04. The van der Waals surface area contributed by atoms with Crippen LogP contribution in [0.5, 0.6) is 0 Å². The molecule has 0 saturated carbocycles. The Morgan fingerprint density at radius 3 is 3.00 bits per heavy atom. The zero-order chi connectivity index (χ0) is 8.60. The lowest BCUT2D eigenvalue weighted by atomic mass is 10.0. The van der Waals surface area contributed by atoms with E-state index < -0.39 is 8.27 Å². The Morgan fingerprint density at radius 2 is 2.25 bits per heavy atom. The van der Waals surface area contributed by atoms with E-state index in [1.807, 2.05) is 0 Å². The minimum Gasteiger partial charge on any atom is -0.332 e. The van der Waals surface area contributed by atoms with Gasteiger partial charge in [0.05, 0.1) is 7.44 Å². The molecule has 2 rings (SSSR count). The zero-order valence-corrected chi connectivity index (χ0v) is 8.84. The molecule has 2 radical (unpaired) electrons. The minimum atomic E-state index is -1.67. The average molecular weight is 180 g/mol. The van der Waals surface area contributed by atoms with Gasteiger partial charge in [0.2, 0.25) is 0 Å². The van der Waals surface area contributed by atoms with Gasteiger partial charge in [0.15, 0.2) is 0 Å². The van der Waals surface area contributed by atoms with Crippen molar-refractivity contribution >= 4 is 15.7 Å². The van der Waals surface area contributed by atoms with Crippen LogP contribution in [0.1, 0.15) is 25.7 Å². The fourth-order valence-corrected chi connectivity index (χ4v) is 5.00. The number of nitrogens with one attached hydrogen (secondary N) is 1. The van der Waals surface area contributed by atoms with Crippen molar-refractivity contribution in [2.75, 3.05) is 13.1 Å². The van der Waals surface area contributed by atoms with Crippen molar-refractivity contribution in [3.8, 4) is 0 Å². The zero-order valence-electron chi connectivity index (χ0n) is 7.84. The van der Waals surface area contributed by atoms with Gasteiger partial charge in [-0.2, -0.15) is 0 Å². The van der Waals surface area contributed by atoms with Crippen LogP contribution in [0, 0.1) is 0 Å². The predicted octanol–water partition coefficient (Wildman–Crippen LogP) is 0.571. The Hall–Kier alpha value is 0.202. The summed E-state index contributed by atoms with van der Waals surface area (Å²) in [6.45, 7) is 4.60. The van der Waals surface area contributed by atoms with Gasteiger partial charge < -0.3 is 9.55 Å². The molecular weight excluding hydrogens is 163 g/mol. The number of hydrogen-bond donors (Lipinski definition) is 1. The molecule has 0 bridgehead atoms.